The van der Waals surface area contributed by atoms with Crippen LogP contribution in [0.3, 0.4) is 0 Å². The second-order valence-electron chi connectivity index (χ2n) is 6.37. The Morgan fingerprint density at radius 3 is 2.20 bits per heavy atom. The van der Waals surface area contributed by atoms with Crippen LogP contribution in [0.2, 0.25) is 5.02 Å². The molecule has 10 heteroatoms. The number of nitrogens with zero attached hydrogens (tertiary/aromatic N) is 1. The molecule has 0 bridgehead atoms. The Morgan fingerprint density at radius 1 is 1.07 bits per heavy atom. The van der Waals surface area contributed by atoms with Crippen molar-refractivity contribution in [3.8, 4) is 11.5 Å². The lowest BCUT2D eigenvalue weighted by atomic mass is 10.1. The minimum atomic E-state index is -3.75. The van der Waals surface area contributed by atoms with Crippen molar-refractivity contribution in [2.24, 2.45) is 0 Å². The lowest BCUT2D eigenvalue weighted by Gasteiger charge is -2.26. The van der Waals surface area contributed by atoms with Gasteiger partial charge in [0.1, 0.15) is 0 Å². The predicted molar refractivity (Wildman–Crippen MR) is 116 cm³/mol. The Hall–Kier alpha value is -2.49. The number of carbonyl (C=O) groups is 1. The van der Waals surface area contributed by atoms with E-state index >= 15 is 0 Å². The van der Waals surface area contributed by atoms with Crippen molar-refractivity contribution in [3.05, 3.63) is 52.5 Å². The summed E-state index contributed by atoms with van der Waals surface area (Å²) in [6.45, 7) is 0.581. The number of rotatable bonds is 10. The summed E-state index contributed by atoms with van der Waals surface area (Å²) in [5.74, 6) is 0.136. The maximum atomic E-state index is 12.8. The van der Waals surface area contributed by atoms with Crippen molar-refractivity contribution in [2.75, 3.05) is 45.0 Å². The van der Waals surface area contributed by atoms with Gasteiger partial charge < -0.3 is 19.5 Å². The molecule has 8 nitrogen and oxygen atoms in total. The van der Waals surface area contributed by atoms with Gasteiger partial charge in [-0.05, 0) is 23.8 Å². The Morgan fingerprint density at radius 2 is 1.67 bits per heavy atom. The fourth-order valence-corrected chi connectivity index (χ4v) is 3.77. The molecule has 0 unspecified atom stereocenters. The summed E-state index contributed by atoms with van der Waals surface area (Å²) in [6, 6.07) is 9.71. The van der Waals surface area contributed by atoms with Gasteiger partial charge in [-0.15, -0.1) is 0 Å². The molecule has 0 aliphatic carbocycles. The van der Waals surface area contributed by atoms with Crippen molar-refractivity contribution >= 4 is 33.2 Å². The molecule has 0 atom stereocenters. The van der Waals surface area contributed by atoms with E-state index in [9.17, 15) is 13.2 Å². The van der Waals surface area contributed by atoms with Crippen LogP contribution in [0.15, 0.2) is 36.4 Å². The average molecular weight is 457 g/mol. The van der Waals surface area contributed by atoms with Gasteiger partial charge >= 0.3 is 0 Å². The van der Waals surface area contributed by atoms with Gasteiger partial charge in [-0.2, -0.15) is 0 Å². The Labute approximate surface area is 181 Å². The number of nitrogens with one attached hydrogen (secondary N) is 1. The number of methoxy groups -OCH3 is 3. The number of anilines is 1. The van der Waals surface area contributed by atoms with E-state index in [1.165, 1.54) is 33.5 Å². The van der Waals surface area contributed by atoms with Crippen LogP contribution in [0.5, 0.6) is 11.5 Å². The Bertz CT molecular complexity index is 980. The van der Waals surface area contributed by atoms with Gasteiger partial charge in [0.25, 0.3) is 5.91 Å². The second kappa shape index (κ2) is 10.5. The first kappa shape index (κ1) is 23.8. The maximum absolute atomic E-state index is 12.8. The van der Waals surface area contributed by atoms with Crippen LogP contribution in [0, 0.1) is 0 Å². The largest absolute Gasteiger partial charge is 0.493 e. The first-order valence-electron chi connectivity index (χ1n) is 8.96. The summed E-state index contributed by atoms with van der Waals surface area (Å²) in [4.78, 5) is 12.8. The molecule has 2 aromatic rings. The molecule has 30 heavy (non-hydrogen) atoms. The van der Waals surface area contributed by atoms with Crippen LogP contribution in [-0.2, 0) is 21.3 Å². The molecule has 0 saturated carbocycles. The van der Waals surface area contributed by atoms with Crippen LogP contribution >= 0.6 is 11.6 Å². The van der Waals surface area contributed by atoms with E-state index in [1.54, 1.807) is 24.3 Å². The summed E-state index contributed by atoms with van der Waals surface area (Å²) in [5, 5.41) is 3.24. The van der Waals surface area contributed by atoms with E-state index in [-0.39, 0.29) is 24.3 Å². The summed E-state index contributed by atoms with van der Waals surface area (Å²) in [7, 11) is 0.638. The van der Waals surface area contributed by atoms with E-state index in [4.69, 9.17) is 25.8 Å². The standard InChI is InChI=1S/C20H25ClN2O6S/c1-27-10-9-22-20(24)16-11-18(28-2)19(29-3)12-17(16)23(30(4,25)26)13-14-5-7-15(21)8-6-14/h5-8,11-12H,9-10,13H2,1-4H3,(H,22,24). The number of sulfonamides is 1. The molecule has 0 fully saturated rings. The van der Waals surface area contributed by atoms with Crippen LogP contribution in [-0.4, -0.2) is 55.1 Å². The Balaban J connectivity index is 2.59. The molecule has 0 spiro atoms. The predicted octanol–water partition coefficient (Wildman–Crippen LogP) is 2.70. The number of ether oxygens (including phenoxy) is 3. The van der Waals surface area contributed by atoms with Gasteiger partial charge in [-0.3, -0.25) is 9.10 Å². The number of benzene rings is 2. The second-order valence-corrected chi connectivity index (χ2v) is 8.71. The van der Waals surface area contributed by atoms with Crippen LogP contribution in [0.25, 0.3) is 0 Å². The summed E-state index contributed by atoms with van der Waals surface area (Å²) in [5.41, 5.74) is 0.994. The molecule has 0 aliphatic heterocycles. The highest BCUT2D eigenvalue weighted by Crippen LogP contribution is 2.37. The Kier molecular flexibility index (Phi) is 8.33. The molecule has 2 aromatic carbocycles. The van der Waals surface area contributed by atoms with Crippen LogP contribution in [0.4, 0.5) is 5.69 Å². The molecule has 164 valence electrons. The molecular weight excluding hydrogens is 432 g/mol. The number of halogens is 1. The van der Waals surface area contributed by atoms with Gasteiger partial charge in [0.15, 0.2) is 11.5 Å². The quantitative estimate of drug-likeness (QED) is 0.552. The molecule has 0 saturated heterocycles. The summed E-state index contributed by atoms with van der Waals surface area (Å²) < 4.78 is 42.0. The zero-order valence-electron chi connectivity index (χ0n) is 17.3. The van der Waals surface area contributed by atoms with Crippen molar-refractivity contribution in [2.45, 2.75) is 6.54 Å². The topological polar surface area (TPSA) is 94.2 Å². The number of amides is 1. The van der Waals surface area contributed by atoms with E-state index < -0.39 is 15.9 Å². The highest BCUT2D eigenvalue weighted by molar-refractivity contribution is 7.92. The van der Waals surface area contributed by atoms with E-state index in [0.29, 0.717) is 28.7 Å². The first-order valence-corrected chi connectivity index (χ1v) is 11.2. The fraction of sp³-hybridized carbons (Fsp3) is 0.350. The van der Waals surface area contributed by atoms with E-state index in [1.807, 2.05) is 0 Å². The number of hydrogen-bond acceptors (Lipinski definition) is 6. The van der Waals surface area contributed by atoms with Crippen molar-refractivity contribution < 1.29 is 27.4 Å². The average Bonchev–Trinajstić information content (AvgIpc) is 2.71. The van der Waals surface area contributed by atoms with Gasteiger partial charge in [-0.1, -0.05) is 23.7 Å². The van der Waals surface area contributed by atoms with Gasteiger partial charge in [0.05, 0.1) is 44.9 Å². The third kappa shape index (κ3) is 6.01. The molecule has 0 aliphatic rings. The van der Waals surface area contributed by atoms with E-state index in [2.05, 4.69) is 5.32 Å². The van der Waals surface area contributed by atoms with Crippen LogP contribution in [0.1, 0.15) is 15.9 Å². The zero-order chi connectivity index (χ0) is 22.3. The minimum Gasteiger partial charge on any atom is -0.493 e. The minimum absolute atomic E-state index is 0.00381. The molecule has 0 radical (unpaired) electrons. The maximum Gasteiger partial charge on any atom is 0.253 e. The molecule has 1 N–H and O–H groups in total. The van der Waals surface area contributed by atoms with E-state index in [0.717, 1.165) is 10.6 Å². The lowest BCUT2D eigenvalue weighted by molar-refractivity contribution is 0.0937. The summed E-state index contributed by atoms with van der Waals surface area (Å²) >= 11 is 5.93. The smallest absolute Gasteiger partial charge is 0.253 e. The monoisotopic (exact) mass is 456 g/mol. The van der Waals surface area contributed by atoms with Crippen molar-refractivity contribution in [1.82, 2.24) is 5.32 Å². The third-order valence-electron chi connectivity index (χ3n) is 4.25. The van der Waals surface area contributed by atoms with Crippen LogP contribution < -0.4 is 19.1 Å². The molecular formula is C20H25ClN2O6S. The van der Waals surface area contributed by atoms with Gasteiger partial charge in [0, 0.05) is 24.7 Å². The fourth-order valence-electron chi connectivity index (χ4n) is 2.76. The highest BCUT2D eigenvalue weighted by atomic mass is 35.5. The summed E-state index contributed by atoms with van der Waals surface area (Å²) in [6.07, 6.45) is 1.08. The first-order chi connectivity index (χ1) is 14.2. The van der Waals surface area contributed by atoms with Crippen molar-refractivity contribution in [1.29, 1.82) is 0 Å². The zero-order valence-corrected chi connectivity index (χ0v) is 18.8. The highest BCUT2D eigenvalue weighted by Gasteiger charge is 2.26. The molecule has 1 amide bonds. The SMILES string of the molecule is COCCNC(=O)c1cc(OC)c(OC)cc1N(Cc1ccc(Cl)cc1)S(C)(=O)=O. The number of hydrogen-bond donors (Lipinski definition) is 1. The van der Waals surface area contributed by atoms with Crippen molar-refractivity contribution in [3.63, 3.8) is 0 Å². The normalized spacial score (nSPS) is 11.1. The molecule has 2 rings (SSSR count). The lowest BCUT2D eigenvalue weighted by Crippen LogP contribution is -2.33. The molecule has 0 aromatic heterocycles. The van der Waals surface area contributed by atoms with Gasteiger partial charge in [0.2, 0.25) is 10.0 Å². The number of carbonyl (C=O) groups excluding carboxylic acids is 1. The third-order valence-corrected chi connectivity index (χ3v) is 5.63. The molecule has 0 heterocycles. The van der Waals surface area contributed by atoms with Gasteiger partial charge in [-0.25, -0.2) is 8.42 Å².